The van der Waals surface area contributed by atoms with E-state index in [4.69, 9.17) is 9.47 Å². The molecule has 1 atom stereocenters. The topological polar surface area (TPSA) is 77.3 Å². The predicted octanol–water partition coefficient (Wildman–Crippen LogP) is 3.93. The molecule has 6 nitrogen and oxygen atoms in total. The standard InChI is InChI=1S/C29H32N2O4/c1-4-34-29(33)28-21(3)31(23-12-10-20(2)11-13-23)27-15-14-25(16-26(27)28)35-19-24(32)18-30-17-22-8-6-5-7-9-22/h5-16,24,30,32H,4,17-19H2,1-3H3/p+1. The van der Waals surface area contributed by atoms with Crippen molar-refractivity contribution < 1.29 is 24.7 Å². The molecule has 4 aromatic rings. The lowest BCUT2D eigenvalue weighted by Gasteiger charge is -2.12. The fraction of sp³-hybridized carbons (Fsp3) is 0.276. The summed E-state index contributed by atoms with van der Waals surface area (Å²) < 4.78 is 13.3. The molecule has 4 rings (SSSR count). The molecule has 0 saturated heterocycles. The molecule has 6 heteroatoms. The third-order valence-corrected chi connectivity index (χ3v) is 6.05. The number of nitrogens with zero attached hydrogens (tertiary/aromatic N) is 1. The maximum absolute atomic E-state index is 12.9. The zero-order valence-corrected chi connectivity index (χ0v) is 20.5. The Morgan fingerprint density at radius 1 is 1.03 bits per heavy atom. The van der Waals surface area contributed by atoms with E-state index in [0.717, 1.165) is 28.8 Å². The lowest BCUT2D eigenvalue weighted by atomic mass is 10.1. The lowest BCUT2D eigenvalue weighted by molar-refractivity contribution is -0.676. The molecule has 0 radical (unpaired) electrons. The highest BCUT2D eigenvalue weighted by atomic mass is 16.5. The third-order valence-electron chi connectivity index (χ3n) is 6.05. The molecule has 35 heavy (non-hydrogen) atoms. The van der Waals surface area contributed by atoms with Crippen molar-refractivity contribution in [3.8, 4) is 11.4 Å². The number of fused-ring (bicyclic) bond motifs is 1. The van der Waals surface area contributed by atoms with Crippen LogP contribution in [0.5, 0.6) is 5.75 Å². The molecule has 0 aliphatic rings. The largest absolute Gasteiger partial charge is 0.491 e. The number of aliphatic hydroxyl groups excluding tert-OH is 1. The molecule has 1 heterocycles. The minimum absolute atomic E-state index is 0.170. The Kier molecular flexibility index (Phi) is 7.85. The van der Waals surface area contributed by atoms with Gasteiger partial charge in [-0.05, 0) is 51.1 Å². The van der Waals surface area contributed by atoms with E-state index in [1.807, 2.05) is 62.4 Å². The fourth-order valence-electron chi connectivity index (χ4n) is 4.29. The van der Waals surface area contributed by atoms with Gasteiger partial charge in [-0.3, -0.25) is 0 Å². The lowest BCUT2D eigenvalue weighted by Crippen LogP contribution is -2.85. The summed E-state index contributed by atoms with van der Waals surface area (Å²) in [5.41, 5.74) is 5.61. The summed E-state index contributed by atoms with van der Waals surface area (Å²) in [6.45, 7) is 7.59. The van der Waals surface area contributed by atoms with Crippen molar-refractivity contribution in [2.45, 2.75) is 33.4 Å². The van der Waals surface area contributed by atoms with Crippen LogP contribution in [-0.2, 0) is 11.3 Å². The number of esters is 1. The number of quaternary nitrogens is 1. The monoisotopic (exact) mass is 473 g/mol. The van der Waals surface area contributed by atoms with Crippen LogP contribution in [0.15, 0.2) is 72.8 Å². The van der Waals surface area contributed by atoms with E-state index >= 15 is 0 Å². The molecule has 1 aromatic heterocycles. The number of benzene rings is 3. The highest BCUT2D eigenvalue weighted by Crippen LogP contribution is 2.32. The second-order valence-electron chi connectivity index (χ2n) is 8.71. The quantitative estimate of drug-likeness (QED) is 0.342. The molecule has 0 amide bonds. The number of nitrogens with two attached hydrogens (primary N) is 1. The first-order valence-corrected chi connectivity index (χ1v) is 12.0. The Balaban J connectivity index is 1.53. The molecular formula is C29H33N2O4+. The Labute approximate surface area is 206 Å². The highest BCUT2D eigenvalue weighted by molar-refractivity contribution is 6.07. The Morgan fingerprint density at radius 3 is 2.49 bits per heavy atom. The summed E-state index contributed by atoms with van der Waals surface area (Å²) >= 11 is 0. The van der Waals surface area contributed by atoms with Crippen molar-refractivity contribution in [3.05, 3.63) is 95.2 Å². The molecule has 0 saturated carbocycles. The SMILES string of the molecule is CCOC(=O)c1c(C)n(-c2ccc(C)cc2)c2ccc(OCC(O)C[NH2+]Cc3ccccc3)cc12. The van der Waals surface area contributed by atoms with Crippen molar-refractivity contribution in [2.75, 3.05) is 19.8 Å². The number of aromatic nitrogens is 1. The molecule has 0 aliphatic carbocycles. The predicted molar refractivity (Wildman–Crippen MR) is 137 cm³/mol. The van der Waals surface area contributed by atoms with E-state index < -0.39 is 6.10 Å². The smallest absolute Gasteiger partial charge is 0.340 e. The molecule has 1 unspecified atom stereocenters. The average molecular weight is 474 g/mol. The van der Waals surface area contributed by atoms with E-state index in [1.54, 1.807) is 6.92 Å². The van der Waals surface area contributed by atoms with Gasteiger partial charge < -0.3 is 24.5 Å². The first-order valence-electron chi connectivity index (χ1n) is 12.0. The van der Waals surface area contributed by atoms with Gasteiger partial charge in [0.2, 0.25) is 0 Å². The molecule has 0 spiro atoms. The van der Waals surface area contributed by atoms with E-state index in [9.17, 15) is 9.90 Å². The van der Waals surface area contributed by atoms with Gasteiger partial charge in [0.15, 0.2) is 0 Å². The fourth-order valence-corrected chi connectivity index (χ4v) is 4.29. The summed E-state index contributed by atoms with van der Waals surface area (Å²) in [6.07, 6.45) is -0.613. The summed E-state index contributed by atoms with van der Waals surface area (Å²) in [6, 6.07) is 24.0. The Hall–Kier alpha value is -3.61. The van der Waals surface area contributed by atoms with E-state index in [2.05, 4.69) is 34.1 Å². The maximum Gasteiger partial charge on any atom is 0.340 e. The number of carbonyl (C=O) groups excluding carboxylic acids is 1. The molecular weight excluding hydrogens is 440 g/mol. The van der Waals surface area contributed by atoms with Gasteiger partial charge in [0.25, 0.3) is 0 Å². The van der Waals surface area contributed by atoms with E-state index in [1.165, 1.54) is 11.1 Å². The zero-order chi connectivity index (χ0) is 24.8. The van der Waals surface area contributed by atoms with Crippen molar-refractivity contribution in [1.29, 1.82) is 0 Å². The van der Waals surface area contributed by atoms with E-state index in [-0.39, 0.29) is 12.6 Å². The molecule has 0 fully saturated rings. The third kappa shape index (κ3) is 5.73. The number of hydrogen-bond donors (Lipinski definition) is 2. The van der Waals surface area contributed by atoms with Gasteiger partial charge in [0, 0.05) is 22.3 Å². The minimum atomic E-state index is -0.613. The number of ether oxygens (including phenoxy) is 2. The van der Waals surface area contributed by atoms with Crippen molar-refractivity contribution in [3.63, 3.8) is 0 Å². The minimum Gasteiger partial charge on any atom is -0.491 e. The van der Waals surface area contributed by atoms with Crippen LogP contribution in [0.2, 0.25) is 0 Å². The second-order valence-corrected chi connectivity index (χ2v) is 8.71. The van der Waals surface area contributed by atoms with Gasteiger partial charge in [-0.1, -0.05) is 48.0 Å². The van der Waals surface area contributed by atoms with Gasteiger partial charge >= 0.3 is 5.97 Å². The summed E-state index contributed by atoms with van der Waals surface area (Å²) in [4.78, 5) is 12.9. The van der Waals surface area contributed by atoms with Crippen LogP contribution in [0.3, 0.4) is 0 Å². The average Bonchev–Trinajstić information content (AvgIpc) is 3.15. The summed E-state index contributed by atoms with van der Waals surface area (Å²) in [5, 5.41) is 13.2. The van der Waals surface area contributed by atoms with Gasteiger partial charge in [0.1, 0.15) is 31.5 Å². The number of rotatable bonds is 10. The van der Waals surface area contributed by atoms with Crippen LogP contribution in [0.25, 0.3) is 16.6 Å². The molecule has 3 N–H and O–H groups in total. The number of hydrogen-bond acceptors (Lipinski definition) is 4. The molecule has 182 valence electrons. The zero-order valence-electron chi connectivity index (χ0n) is 20.5. The van der Waals surface area contributed by atoms with Gasteiger partial charge in [-0.15, -0.1) is 0 Å². The molecule has 0 aliphatic heterocycles. The van der Waals surface area contributed by atoms with Crippen LogP contribution >= 0.6 is 0 Å². The molecule has 0 bridgehead atoms. The van der Waals surface area contributed by atoms with Crippen LogP contribution in [0, 0.1) is 13.8 Å². The van der Waals surface area contributed by atoms with E-state index in [0.29, 0.717) is 24.5 Å². The van der Waals surface area contributed by atoms with Crippen LogP contribution < -0.4 is 10.1 Å². The highest BCUT2D eigenvalue weighted by Gasteiger charge is 2.22. The van der Waals surface area contributed by atoms with Gasteiger partial charge in [0.05, 0.1) is 17.7 Å². The van der Waals surface area contributed by atoms with Gasteiger partial charge in [-0.2, -0.15) is 0 Å². The summed E-state index contributed by atoms with van der Waals surface area (Å²) in [5.74, 6) is 0.250. The first-order chi connectivity index (χ1) is 17.0. The van der Waals surface area contributed by atoms with Crippen LogP contribution in [0.1, 0.15) is 34.1 Å². The van der Waals surface area contributed by atoms with Crippen LogP contribution in [0.4, 0.5) is 0 Å². The first kappa shape index (κ1) is 24.5. The number of carbonyl (C=O) groups is 1. The Bertz CT molecular complexity index is 1280. The van der Waals surface area contributed by atoms with Crippen molar-refractivity contribution in [2.24, 2.45) is 0 Å². The number of aliphatic hydroxyl groups is 1. The van der Waals surface area contributed by atoms with Crippen molar-refractivity contribution in [1.82, 2.24) is 4.57 Å². The Morgan fingerprint density at radius 2 is 1.77 bits per heavy atom. The van der Waals surface area contributed by atoms with Crippen LogP contribution in [-0.4, -0.2) is 41.5 Å². The second kappa shape index (κ2) is 11.2. The number of aryl methyl sites for hydroxylation is 1. The van der Waals surface area contributed by atoms with Crippen molar-refractivity contribution >= 4 is 16.9 Å². The molecule has 3 aromatic carbocycles. The maximum atomic E-state index is 12.9. The summed E-state index contributed by atoms with van der Waals surface area (Å²) in [7, 11) is 0. The normalized spacial score (nSPS) is 12.0. The van der Waals surface area contributed by atoms with Gasteiger partial charge in [-0.25, -0.2) is 4.79 Å².